The van der Waals surface area contributed by atoms with Crippen molar-refractivity contribution in [2.75, 3.05) is 10.6 Å². The standard InChI is InChI=1S/C18H16BrN3O3/c1-10(2)22-16(23)14-7-6-13(9-15(14)17(22)24)21-18(25)20-12-5-3-4-11(19)8-12/h3-10H,1-2H3,(H2,20,21,25). The maximum Gasteiger partial charge on any atom is 0.323 e. The highest BCUT2D eigenvalue weighted by Crippen LogP contribution is 2.27. The van der Waals surface area contributed by atoms with Gasteiger partial charge in [-0.1, -0.05) is 22.0 Å². The maximum absolute atomic E-state index is 12.4. The fourth-order valence-corrected chi connectivity index (χ4v) is 3.07. The SMILES string of the molecule is CC(C)N1C(=O)c2ccc(NC(=O)Nc3cccc(Br)c3)cc2C1=O. The van der Waals surface area contributed by atoms with E-state index in [0.717, 1.165) is 4.47 Å². The average Bonchev–Trinajstić information content (AvgIpc) is 2.78. The van der Waals surface area contributed by atoms with Crippen LogP contribution in [0.25, 0.3) is 0 Å². The molecule has 0 saturated heterocycles. The number of anilines is 2. The van der Waals surface area contributed by atoms with Crippen molar-refractivity contribution in [2.45, 2.75) is 19.9 Å². The smallest absolute Gasteiger partial charge is 0.308 e. The van der Waals surface area contributed by atoms with Gasteiger partial charge in [-0.25, -0.2) is 4.79 Å². The summed E-state index contributed by atoms with van der Waals surface area (Å²) < 4.78 is 0.848. The molecule has 0 spiro atoms. The molecule has 2 N–H and O–H groups in total. The Balaban J connectivity index is 1.77. The predicted molar refractivity (Wildman–Crippen MR) is 98.9 cm³/mol. The monoisotopic (exact) mass is 401 g/mol. The van der Waals surface area contributed by atoms with Crippen molar-refractivity contribution >= 4 is 45.2 Å². The van der Waals surface area contributed by atoms with Crippen LogP contribution in [-0.4, -0.2) is 28.8 Å². The zero-order valence-corrected chi connectivity index (χ0v) is 15.3. The second-order valence-electron chi connectivity index (χ2n) is 5.92. The van der Waals surface area contributed by atoms with Gasteiger partial charge in [-0.3, -0.25) is 14.5 Å². The lowest BCUT2D eigenvalue weighted by Crippen LogP contribution is -2.35. The van der Waals surface area contributed by atoms with E-state index in [2.05, 4.69) is 26.6 Å². The molecular formula is C18H16BrN3O3. The number of urea groups is 1. The summed E-state index contributed by atoms with van der Waals surface area (Å²) >= 11 is 3.34. The van der Waals surface area contributed by atoms with Gasteiger partial charge in [-0.05, 0) is 50.2 Å². The Morgan fingerprint density at radius 2 is 1.60 bits per heavy atom. The van der Waals surface area contributed by atoms with Gasteiger partial charge in [0.05, 0.1) is 11.1 Å². The van der Waals surface area contributed by atoms with Gasteiger partial charge in [-0.2, -0.15) is 0 Å². The average molecular weight is 402 g/mol. The Kier molecular flexibility index (Phi) is 4.59. The summed E-state index contributed by atoms with van der Waals surface area (Å²) in [4.78, 5) is 38.0. The summed E-state index contributed by atoms with van der Waals surface area (Å²) in [5, 5.41) is 5.38. The summed E-state index contributed by atoms with van der Waals surface area (Å²) in [7, 11) is 0. The molecule has 0 saturated carbocycles. The number of carbonyl (C=O) groups excluding carboxylic acids is 3. The minimum atomic E-state index is -0.435. The molecule has 0 radical (unpaired) electrons. The van der Waals surface area contributed by atoms with Gasteiger partial charge in [0.1, 0.15) is 0 Å². The third-order valence-corrected chi connectivity index (χ3v) is 4.27. The van der Waals surface area contributed by atoms with Gasteiger partial charge in [0.25, 0.3) is 11.8 Å². The van der Waals surface area contributed by atoms with Crippen molar-refractivity contribution in [3.8, 4) is 0 Å². The predicted octanol–water partition coefficient (Wildman–Crippen LogP) is 4.10. The molecule has 0 aromatic heterocycles. The van der Waals surface area contributed by atoms with Gasteiger partial charge in [-0.15, -0.1) is 0 Å². The number of hydrogen-bond donors (Lipinski definition) is 2. The van der Waals surface area contributed by atoms with Crippen molar-refractivity contribution in [1.82, 2.24) is 4.90 Å². The molecule has 0 bridgehead atoms. The van der Waals surface area contributed by atoms with Gasteiger partial charge in [0.15, 0.2) is 0 Å². The van der Waals surface area contributed by atoms with E-state index in [1.165, 1.54) is 11.0 Å². The molecule has 2 aromatic carbocycles. The quantitative estimate of drug-likeness (QED) is 0.759. The first kappa shape index (κ1) is 17.2. The van der Waals surface area contributed by atoms with Gasteiger partial charge in [0.2, 0.25) is 0 Å². The highest BCUT2D eigenvalue weighted by atomic mass is 79.9. The van der Waals surface area contributed by atoms with Gasteiger partial charge in [0, 0.05) is 21.9 Å². The van der Waals surface area contributed by atoms with E-state index in [4.69, 9.17) is 0 Å². The summed E-state index contributed by atoms with van der Waals surface area (Å²) in [5.74, 6) is -0.647. The molecule has 25 heavy (non-hydrogen) atoms. The van der Waals surface area contributed by atoms with E-state index in [1.54, 1.807) is 44.2 Å². The Morgan fingerprint density at radius 1 is 0.960 bits per heavy atom. The van der Waals surface area contributed by atoms with Crippen molar-refractivity contribution < 1.29 is 14.4 Å². The number of nitrogens with zero attached hydrogens (tertiary/aromatic N) is 1. The maximum atomic E-state index is 12.4. The van der Waals surface area contributed by atoms with Crippen LogP contribution < -0.4 is 10.6 Å². The molecule has 6 nitrogen and oxygen atoms in total. The molecule has 2 aromatic rings. The lowest BCUT2D eigenvalue weighted by molar-refractivity contribution is 0.0609. The summed E-state index contributed by atoms with van der Waals surface area (Å²) in [6.45, 7) is 3.57. The number of nitrogens with one attached hydrogen (secondary N) is 2. The molecule has 0 aliphatic carbocycles. The molecule has 0 unspecified atom stereocenters. The number of hydrogen-bond acceptors (Lipinski definition) is 3. The van der Waals surface area contributed by atoms with Crippen LogP contribution in [0.5, 0.6) is 0 Å². The van der Waals surface area contributed by atoms with Crippen molar-refractivity contribution in [2.24, 2.45) is 0 Å². The molecule has 128 valence electrons. The molecule has 1 aliphatic rings. The van der Waals surface area contributed by atoms with Gasteiger partial charge < -0.3 is 10.6 Å². The van der Waals surface area contributed by atoms with Crippen LogP contribution in [-0.2, 0) is 0 Å². The third-order valence-electron chi connectivity index (χ3n) is 3.77. The van der Waals surface area contributed by atoms with Crippen LogP contribution in [0.4, 0.5) is 16.2 Å². The topological polar surface area (TPSA) is 78.5 Å². The third kappa shape index (κ3) is 3.41. The molecule has 7 heteroatoms. The van der Waals surface area contributed by atoms with Crippen LogP contribution in [0, 0.1) is 0 Å². The normalized spacial score (nSPS) is 13.2. The van der Waals surface area contributed by atoms with Crippen molar-refractivity contribution in [1.29, 1.82) is 0 Å². The van der Waals surface area contributed by atoms with E-state index in [1.807, 2.05) is 6.07 Å². The van der Waals surface area contributed by atoms with Crippen LogP contribution in [0.15, 0.2) is 46.9 Å². The molecule has 0 atom stereocenters. The number of benzene rings is 2. The number of amides is 4. The Labute approximate surface area is 153 Å². The van der Waals surface area contributed by atoms with Crippen LogP contribution in [0.3, 0.4) is 0 Å². The molecule has 1 heterocycles. The summed E-state index contributed by atoms with van der Waals surface area (Å²) in [6, 6.07) is 11.2. The van der Waals surface area contributed by atoms with E-state index in [9.17, 15) is 14.4 Å². The number of rotatable bonds is 3. The van der Waals surface area contributed by atoms with Crippen LogP contribution >= 0.6 is 15.9 Å². The fourth-order valence-electron chi connectivity index (χ4n) is 2.67. The molecule has 0 fully saturated rings. The Hall–Kier alpha value is -2.67. The number of imide groups is 1. The zero-order valence-electron chi connectivity index (χ0n) is 13.7. The molecular weight excluding hydrogens is 386 g/mol. The van der Waals surface area contributed by atoms with E-state index in [0.29, 0.717) is 22.5 Å². The minimum Gasteiger partial charge on any atom is -0.308 e. The molecule has 3 rings (SSSR count). The minimum absolute atomic E-state index is 0.219. The first-order valence-corrected chi connectivity index (χ1v) is 8.51. The van der Waals surface area contributed by atoms with E-state index >= 15 is 0 Å². The second kappa shape index (κ2) is 6.68. The van der Waals surface area contributed by atoms with E-state index < -0.39 is 6.03 Å². The zero-order chi connectivity index (χ0) is 18.1. The summed E-state index contributed by atoms with van der Waals surface area (Å²) in [6.07, 6.45) is 0. The lowest BCUT2D eigenvalue weighted by atomic mass is 10.1. The molecule has 1 aliphatic heterocycles. The number of fused-ring (bicyclic) bond motifs is 1. The number of carbonyl (C=O) groups is 3. The largest absolute Gasteiger partial charge is 0.323 e. The second-order valence-corrected chi connectivity index (χ2v) is 6.84. The van der Waals surface area contributed by atoms with Crippen molar-refractivity contribution in [3.63, 3.8) is 0 Å². The molecule has 4 amide bonds. The highest BCUT2D eigenvalue weighted by molar-refractivity contribution is 9.10. The number of halogens is 1. The van der Waals surface area contributed by atoms with E-state index in [-0.39, 0.29) is 17.9 Å². The lowest BCUT2D eigenvalue weighted by Gasteiger charge is -2.17. The van der Waals surface area contributed by atoms with Crippen molar-refractivity contribution in [3.05, 3.63) is 58.1 Å². The van der Waals surface area contributed by atoms with Crippen LogP contribution in [0.1, 0.15) is 34.6 Å². The fraction of sp³-hybridized carbons (Fsp3) is 0.167. The first-order valence-electron chi connectivity index (χ1n) is 7.72. The highest BCUT2D eigenvalue weighted by Gasteiger charge is 2.37. The van der Waals surface area contributed by atoms with Gasteiger partial charge >= 0.3 is 6.03 Å². The Bertz CT molecular complexity index is 880. The first-order chi connectivity index (χ1) is 11.9. The summed E-state index contributed by atoms with van der Waals surface area (Å²) in [5.41, 5.74) is 1.74. The Morgan fingerprint density at radius 3 is 2.24 bits per heavy atom. The van der Waals surface area contributed by atoms with Crippen LogP contribution in [0.2, 0.25) is 0 Å².